The highest BCUT2D eigenvalue weighted by Gasteiger charge is 2.26. The van der Waals surface area contributed by atoms with E-state index in [2.05, 4.69) is 0 Å². The first kappa shape index (κ1) is 14.3. The van der Waals surface area contributed by atoms with E-state index in [4.69, 9.17) is 4.42 Å². The number of furan rings is 1. The van der Waals surface area contributed by atoms with Gasteiger partial charge in [-0.3, -0.25) is 14.9 Å². The Bertz CT molecular complexity index is 688. The molecule has 0 aliphatic carbocycles. The van der Waals surface area contributed by atoms with E-state index >= 15 is 0 Å². The standard InChI is InChI=1S/C16H16N2O4/c19-16(17-8-2-1-3-9-17)13-7-6-12(11-14(13)18(20)21)15-5-4-10-22-15/h4-7,10-11H,1-3,8-9H2. The number of hydrogen-bond donors (Lipinski definition) is 0. The van der Waals surface area contributed by atoms with Crippen molar-refractivity contribution in [2.24, 2.45) is 0 Å². The fourth-order valence-electron chi connectivity index (χ4n) is 2.73. The summed E-state index contributed by atoms with van der Waals surface area (Å²) in [6, 6.07) is 8.05. The van der Waals surface area contributed by atoms with E-state index in [1.807, 2.05) is 0 Å². The highest BCUT2D eigenvalue weighted by molar-refractivity contribution is 5.98. The predicted molar refractivity (Wildman–Crippen MR) is 80.6 cm³/mol. The lowest BCUT2D eigenvalue weighted by Crippen LogP contribution is -2.35. The number of piperidine rings is 1. The van der Waals surface area contributed by atoms with Crippen LogP contribution < -0.4 is 0 Å². The molecule has 0 N–H and O–H groups in total. The van der Waals surface area contributed by atoms with Crippen molar-refractivity contribution in [2.45, 2.75) is 19.3 Å². The highest BCUT2D eigenvalue weighted by Crippen LogP contribution is 2.29. The number of nitro groups is 1. The molecule has 3 rings (SSSR count). The van der Waals surface area contributed by atoms with Gasteiger partial charge in [-0.2, -0.15) is 0 Å². The van der Waals surface area contributed by atoms with Gasteiger partial charge in [0.1, 0.15) is 11.3 Å². The van der Waals surface area contributed by atoms with Crippen LogP contribution in [0.15, 0.2) is 41.0 Å². The molecule has 114 valence electrons. The summed E-state index contributed by atoms with van der Waals surface area (Å²) in [7, 11) is 0. The maximum absolute atomic E-state index is 12.5. The minimum atomic E-state index is -0.510. The van der Waals surface area contributed by atoms with E-state index < -0.39 is 4.92 Å². The molecule has 0 unspecified atom stereocenters. The molecule has 1 aromatic carbocycles. The summed E-state index contributed by atoms with van der Waals surface area (Å²) in [5.74, 6) is 0.275. The molecule has 1 aromatic heterocycles. The van der Waals surface area contributed by atoms with Crippen LogP contribution >= 0.6 is 0 Å². The van der Waals surface area contributed by atoms with Crippen molar-refractivity contribution in [3.05, 3.63) is 52.3 Å². The van der Waals surface area contributed by atoms with E-state index in [9.17, 15) is 14.9 Å². The molecule has 1 aliphatic rings. The van der Waals surface area contributed by atoms with Gasteiger partial charge in [0.2, 0.25) is 0 Å². The third kappa shape index (κ3) is 2.72. The van der Waals surface area contributed by atoms with Crippen LogP contribution in [0.25, 0.3) is 11.3 Å². The lowest BCUT2D eigenvalue weighted by Gasteiger charge is -2.26. The van der Waals surface area contributed by atoms with Crippen LogP contribution in [0.4, 0.5) is 5.69 Å². The van der Waals surface area contributed by atoms with Crippen molar-refractivity contribution >= 4 is 11.6 Å². The second kappa shape index (κ2) is 6.01. The molecule has 6 heteroatoms. The van der Waals surface area contributed by atoms with Gasteiger partial charge in [-0.15, -0.1) is 0 Å². The fraction of sp³-hybridized carbons (Fsp3) is 0.312. The van der Waals surface area contributed by atoms with Crippen LogP contribution in [-0.4, -0.2) is 28.8 Å². The molecule has 0 spiro atoms. The number of nitro benzene ring substituents is 1. The average molecular weight is 300 g/mol. The number of likely N-dealkylation sites (tertiary alicyclic amines) is 1. The lowest BCUT2D eigenvalue weighted by molar-refractivity contribution is -0.385. The summed E-state index contributed by atoms with van der Waals surface area (Å²) in [6.07, 6.45) is 4.51. The monoisotopic (exact) mass is 300 g/mol. The molecule has 1 amide bonds. The average Bonchev–Trinajstić information content (AvgIpc) is 3.09. The fourth-order valence-corrected chi connectivity index (χ4v) is 2.73. The molecular weight excluding hydrogens is 284 g/mol. The molecule has 1 aliphatic heterocycles. The number of benzene rings is 1. The SMILES string of the molecule is O=C(c1ccc(-c2ccco2)cc1[N+](=O)[O-])N1CCCCC1. The number of carbonyl (C=O) groups excluding carboxylic acids is 1. The predicted octanol–water partition coefficient (Wildman–Crippen LogP) is 3.48. The van der Waals surface area contributed by atoms with Crippen molar-refractivity contribution in [2.75, 3.05) is 13.1 Å². The Morgan fingerprint density at radius 2 is 1.95 bits per heavy atom. The zero-order valence-electron chi connectivity index (χ0n) is 12.0. The smallest absolute Gasteiger partial charge is 0.282 e. The van der Waals surface area contributed by atoms with Gasteiger partial charge in [0, 0.05) is 24.7 Å². The van der Waals surface area contributed by atoms with Crippen molar-refractivity contribution in [1.29, 1.82) is 0 Å². The van der Waals surface area contributed by atoms with E-state index in [0.29, 0.717) is 24.4 Å². The molecule has 6 nitrogen and oxygen atoms in total. The molecule has 2 heterocycles. The summed E-state index contributed by atoms with van der Waals surface area (Å²) in [5.41, 5.74) is 0.554. The molecule has 0 bridgehead atoms. The molecule has 1 fully saturated rings. The third-order valence-electron chi connectivity index (χ3n) is 3.87. The first-order chi connectivity index (χ1) is 10.7. The van der Waals surface area contributed by atoms with Crippen molar-refractivity contribution in [1.82, 2.24) is 4.90 Å². The maximum atomic E-state index is 12.5. The van der Waals surface area contributed by atoms with E-state index in [1.54, 1.807) is 23.1 Å². The molecule has 0 saturated carbocycles. The van der Waals surface area contributed by atoms with Crippen LogP contribution in [0.2, 0.25) is 0 Å². The normalized spacial score (nSPS) is 14.8. The van der Waals surface area contributed by atoms with Gasteiger partial charge in [0.15, 0.2) is 0 Å². The summed E-state index contributed by atoms with van der Waals surface area (Å²) in [6.45, 7) is 1.33. The van der Waals surface area contributed by atoms with Crippen LogP contribution in [0.3, 0.4) is 0 Å². The second-order valence-electron chi connectivity index (χ2n) is 5.32. The van der Waals surface area contributed by atoms with E-state index in [0.717, 1.165) is 19.3 Å². The van der Waals surface area contributed by atoms with Gasteiger partial charge < -0.3 is 9.32 Å². The Balaban J connectivity index is 1.96. The van der Waals surface area contributed by atoms with Crippen LogP contribution in [0.5, 0.6) is 0 Å². The molecule has 1 saturated heterocycles. The van der Waals surface area contributed by atoms with Crippen molar-refractivity contribution < 1.29 is 14.1 Å². The van der Waals surface area contributed by atoms with Gasteiger partial charge in [-0.05, 0) is 43.5 Å². The lowest BCUT2D eigenvalue weighted by atomic mass is 10.0. The van der Waals surface area contributed by atoms with Gasteiger partial charge in [-0.25, -0.2) is 0 Å². The molecule has 0 atom stereocenters. The zero-order chi connectivity index (χ0) is 15.5. The Morgan fingerprint density at radius 3 is 2.59 bits per heavy atom. The summed E-state index contributed by atoms with van der Waals surface area (Å²) in [5, 5.41) is 11.3. The van der Waals surface area contributed by atoms with Crippen LogP contribution in [0, 0.1) is 10.1 Å². The van der Waals surface area contributed by atoms with Gasteiger partial charge >= 0.3 is 0 Å². The Labute approximate surface area is 127 Å². The van der Waals surface area contributed by atoms with Gasteiger partial charge in [-0.1, -0.05) is 0 Å². The quantitative estimate of drug-likeness (QED) is 0.642. The highest BCUT2D eigenvalue weighted by atomic mass is 16.6. The van der Waals surface area contributed by atoms with E-state index in [-0.39, 0.29) is 17.2 Å². The summed E-state index contributed by atoms with van der Waals surface area (Å²) < 4.78 is 5.25. The molecule has 0 radical (unpaired) electrons. The van der Waals surface area contributed by atoms with E-state index in [1.165, 1.54) is 18.4 Å². The zero-order valence-corrected chi connectivity index (χ0v) is 12.0. The van der Waals surface area contributed by atoms with Crippen molar-refractivity contribution in [3.63, 3.8) is 0 Å². The van der Waals surface area contributed by atoms with Crippen molar-refractivity contribution in [3.8, 4) is 11.3 Å². The minimum Gasteiger partial charge on any atom is -0.464 e. The second-order valence-corrected chi connectivity index (χ2v) is 5.32. The van der Waals surface area contributed by atoms with Crippen LogP contribution in [0.1, 0.15) is 29.6 Å². The summed E-state index contributed by atoms with van der Waals surface area (Å²) >= 11 is 0. The Morgan fingerprint density at radius 1 is 1.18 bits per heavy atom. The maximum Gasteiger partial charge on any atom is 0.282 e. The Kier molecular flexibility index (Phi) is 3.91. The molecule has 2 aromatic rings. The minimum absolute atomic E-state index is 0.141. The number of rotatable bonds is 3. The van der Waals surface area contributed by atoms with Gasteiger partial charge in [0.25, 0.3) is 11.6 Å². The summed E-state index contributed by atoms with van der Waals surface area (Å²) in [4.78, 5) is 25.0. The molecular formula is C16H16N2O4. The number of nitrogens with zero attached hydrogens (tertiary/aromatic N) is 2. The largest absolute Gasteiger partial charge is 0.464 e. The van der Waals surface area contributed by atoms with Crippen LogP contribution in [-0.2, 0) is 0 Å². The number of amides is 1. The molecule has 22 heavy (non-hydrogen) atoms. The van der Waals surface area contributed by atoms with Gasteiger partial charge in [0.05, 0.1) is 11.2 Å². The first-order valence-electron chi connectivity index (χ1n) is 7.28. The first-order valence-corrected chi connectivity index (χ1v) is 7.28. The topological polar surface area (TPSA) is 76.6 Å². The Hall–Kier alpha value is -2.63. The number of carbonyl (C=O) groups is 1. The number of hydrogen-bond acceptors (Lipinski definition) is 4. The third-order valence-corrected chi connectivity index (χ3v) is 3.87.